The third-order valence-electron chi connectivity index (χ3n) is 4.47. The topological polar surface area (TPSA) is 67.8 Å². The molecule has 1 aliphatic heterocycles. The first-order valence-corrected chi connectivity index (χ1v) is 9.51. The van der Waals surface area contributed by atoms with E-state index in [4.69, 9.17) is 9.47 Å². The lowest BCUT2D eigenvalue weighted by atomic mass is 10.1. The zero-order chi connectivity index (χ0) is 20.1. The number of ether oxygens (including phenoxy) is 2. The van der Waals surface area contributed by atoms with Gasteiger partial charge in [-0.1, -0.05) is 12.1 Å². The van der Waals surface area contributed by atoms with Gasteiger partial charge < -0.3 is 19.3 Å². The van der Waals surface area contributed by atoms with Crippen molar-refractivity contribution in [1.82, 2.24) is 14.9 Å². The third kappa shape index (κ3) is 5.34. The van der Waals surface area contributed by atoms with Crippen LogP contribution in [0.2, 0.25) is 0 Å². The van der Waals surface area contributed by atoms with Crippen molar-refractivity contribution in [2.45, 2.75) is 32.8 Å². The highest BCUT2D eigenvalue weighted by Crippen LogP contribution is 2.17. The second-order valence-electron chi connectivity index (χ2n) is 7.87. The zero-order valence-corrected chi connectivity index (χ0v) is 17.0. The summed E-state index contributed by atoms with van der Waals surface area (Å²) in [5.41, 5.74) is 1.77. The summed E-state index contributed by atoms with van der Waals surface area (Å²) >= 11 is 0. The van der Waals surface area contributed by atoms with E-state index >= 15 is 0 Å². The summed E-state index contributed by atoms with van der Waals surface area (Å²) in [6.45, 7) is 8.22. The first-order chi connectivity index (χ1) is 13.3. The van der Waals surface area contributed by atoms with E-state index < -0.39 is 5.60 Å². The average molecular weight is 384 g/mol. The molecular formula is C21H28N4O3. The van der Waals surface area contributed by atoms with Crippen LogP contribution in [0.1, 0.15) is 31.9 Å². The summed E-state index contributed by atoms with van der Waals surface area (Å²) in [6, 6.07) is 7.99. The smallest absolute Gasteiger partial charge is 0.410 e. The molecule has 3 rings (SSSR count). The van der Waals surface area contributed by atoms with Gasteiger partial charge in [0.1, 0.15) is 11.4 Å². The summed E-state index contributed by atoms with van der Waals surface area (Å²) in [5, 5.41) is 0. The summed E-state index contributed by atoms with van der Waals surface area (Å²) in [6.07, 6.45) is 4.25. The fourth-order valence-electron chi connectivity index (χ4n) is 3.00. The Hall–Kier alpha value is -2.83. The molecule has 2 heterocycles. The fourth-order valence-corrected chi connectivity index (χ4v) is 3.00. The largest absolute Gasteiger partial charge is 0.497 e. The summed E-state index contributed by atoms with van der Waals surface area (Å²) in [7, 11) is 1.66. The van der Waals surface area contributed by atoms with Crippen LogP contribution in [0.4, 0.5) is 10.7 Å². The first kappa shape index (κ1) is 19.9. The van der Waals surface area contributed by atoms with Gasteiger partial charge in [-0.15, -0.1) is 0 Å². The Morgan fingerprint density at radius 1 is 1.00 bits per heavy atom. The minimum absolute atomic E-state index is 0.261. The molecular weight excluding hydrogens is 356 g/mol. The second-order valence-corrected chi connectivity index (χ2v) is 7.87. The van der Waals surface area contributed by atoms with Crippen molar-refractivity contribution in [2.75, 3.05) is 38.2 Å². The monoisotopic (exact) mass is 384 g/mol. The number of hydrogen-bond donors (Lipinski definition) is 0. The van der Waals surface area contributed by atoms with Crippen LogP contribution in [0.3, 0.4) is 0 Å². The fraction of sp³-hybridized carbons (Fsp3) is 0.476. The lowest BCUT2D eigenvalue weighted by molar-refractivity contribution is 0.0240. The molecule has 1 fully saturated rings. The van der Waals surface area contributed by atoms with Gasteiger partial charge in [-0.2, -0.15) is 0 Å². The molecule has 2 aromatic rings. The van der Waals surface area contributed by atoms with Gasteiger partial charge in [-0.25, -0.2) is 14.8 Å². The molecule has 1 amide bonds. The van der Waals surface area contributed by atoms with Gasteiger partial charge in [0.15, 0.2) is 0 Å². The van der Waals surface area contributed by atoms with Crippen molar-refractivity contribution in [3.8, 4) is 5.75 Å². The van der Waals surface area contributed by atoms with E-state index in [2.05, 4.69) is 14.9 Å². The second kappa shape index (κ2) is 8.46. The number of anilines is 1. The highest BCUT2D eigenvalue weighted by molar-refractivity contribution is 5.68. The maximum absolute atomic E-state index is 12.2. The molecule has 28 heavy (non-hydrogen) atoms. The van der Waals surface area contributed by atoms with Gasteiger partial charge >= 0.3 is 6.09 Å². The number of methoxy groups -OCH3 is 1. The Morgan fingerprint density at radius 3 is 2.14 bits per heavy atom. The Kier molecular flexibility index (Phi) is 6.02. The van der Waals surface area contributed by atoms with Crippen LogP contribution in [0, 0.1) is 0 Å². The van der Waals surface area contributed by atoms with Crippen molar-refractivity contribution >= 4 is 12.0 Å². The average Bonchev–Trinajstić information content (AvgIpc) is 2.68. The number of nitrogens with zero attached hydrogens (tertiary/aromatic N) is 4. The van der Waals surface area contributed by atoms with Crippen LogP contribution in [-0.2, 0) is 11.2 Å². The van der Waals surface area contributed by atoms with Crippen molar-refractivity contribution in [2.24, 2.45) is 0 Å². The van der Waals surface area contributed by atoms with Gasteiger partial charge in [-0.3, -0.25) is 0 Å². The number of amides is 1. The van der Waals surface area contributed by atoms with E-state index in [1.165, 1.54) is 5.56 Å². The molecule has 0 unspecified atom stereocenters. The van der Waals surface area contributed by atoms with E-state index in [9.17, 15) is 4.79 Å². The SMILES string of the molecule is COc1ccc(Cc2cnc(N3CCN(C(=O)OC(C)(C)C)CC3)nc2)cc1. The van der Waals surface area contributed by atoms with Crippen molar-refractivity contribution in [3.05, 3.63) is 47.8 Å². The predicted octanol–water partition coefficient (Wildman–Crippen LogP) is 3.13. The number of hydrogen-bond acceptors (Lipinski definition) is 6. The lowest BCUT2D eigenvalue weighted by Gasteiger charge is -2.35. The van der Waals surface area contributed by atoms with Crippen LogP contribution in [0.25, 0.3) is 0 Å². The van der Waals surface area contributed by atoms with Crippen LogP contribution < -0.4 is 9.64 Å². The molecule has 0 saturated carbocycles. The molecule has 7 nitrogen and oxygen atoms in total. The Bertz CT molecular complexity index is 777. The third-order valence-corrected chi connectivity index (χ3v) is 4.47. The molecule has 1 saturated heterocycles. The Morgan fingerprint density at radius 2 is 1.61 bits per heavy atom. The molecule has 1 aliphatic rings. The molecule has 0 aliphatic carbocycles. The number of carbonyl (C=O) groups excluding carboxylic acids is 1. The summed E-state index contributed by atoms with van der Waals surface area (Å²) < 4.78 is 10.6. The van der Waals surface area contributed by atoms with E-state index in [0.29, 0.717) is 32.1 Å². The van der Waals surface area contributed by atoms with Gasteiger partial charge in [0.2, 0.25) is 5.95 Å². The van der Waals surface area contributed by atoms with Crippen molar-refractivity contribution in [1.29, 1.82) is 0 Å². The maximum Gasteiger partial charge on any atom is 0.410 e. The molecule has 1 aromatic heterocycles. The van der Waals surface area contributed by atoms with Crippen LogP contribution in [0.5, 0.6) is 5.75 Å². The predicted molar refractivity (Wildman–Crippen MR) is 108 cm³/mol. The zero-order valence-electron chi connectivity index (χ0n) is 17.0. The number of benzene rings is 1. The standard InChI is InChI=1S/C21H28N4O3/c1-21(2,3)28-20(26)25-11-9-24(10-12-25)19-22-14-17(15-23-19)13-16-5-7-18(27-4)8-6-16/h5-8,14-15H,9-13H2,1-4H3. The molecule has 0 atom stereocenters. The first-order valence-electron chi connectivity index (χ1n) is 9.51. The molecule has 150 valence electrons. The van der Waals surface area contributed by atoms with Gasteiger partial charge in [0.25, 0.3) is 0 Å². The van der Waals surface area contributed by atoms with E-state index in [-0.39, 0.29) is 6.09 Å². The Balaban J connectivity index is 1.53. The minimum atomic E-state index is -0.475. The molecule has 0 N–H and O–H groups in total. The molecule has 0 bridgehead atoms. The van der Waals surface area contributed by atoms with Gasteiger partial charge in [-0.05, 0) is 44.0 Å². The normalized spacial score (nSPS) is 14.7. The van der Waals surface area contributed by atoms with E-state index in [1.54, 1.807) is 12.0 Å². The quantitative estimate of drug-likeness (QED) is 0.807. The number of piperazine rings is 1. The molecule has 1 aromatic carbocycles. The van der Waals surface area contributed by atoms with Crippen molar-refractivity contribution in [3.63, 3.8) is 0 Å². The molecule has 0 spiro atoms. The van der Waals surface area contributed by atoms with Gasteiger partial charge in [0.05, 0.1) is 7.11 Å². The highest BCUT2D eigenvalue weighted by atomic mass is 16.6. The Labute approximate surface area is 166 Å². The number of carbonyl (C=O) groups is 1. The van der Waals surface area contributed by atoms with Crippen molar-refractivity contribution < 1.29 is 14.3 Å². The lowest BCUT2D eigenvalue weighted by Crippen LogP contribution is -2.50. The highest BCUT2D eigenvalue weighted by Gasteiger charge is 2.26. The van der Waals surface area contributed by atoms with E-state index in [0.717, 1.165) is 17.7 Å². The maximum atomic E-state index is 12.2. The number of rotatable bonds is 4. The summed E-state index contributed by atoms with van der Waals surface area (Å²) in [4.78, 5) is 25.0. The minimum Gasteiger partial charge on any atom is -0.497 e. The van der Waals surface area contributed by atoms with Crippen LogP contribution in [0.15, 0.2) is 36.7 Å². The van der Waals surface area contributed by atoms with E-state index in [1.807, 2.05) is 57.4 Å². The van der Waals surface area contributed by atoms with Crippen LogP contribution in [-0.4, -0.2) is 59.9 Å². The van der Waals surface area contributed by atoms with Gasteiger partial charge in [0, 0.05) is 45.0 Å². The van der Waals surface area contributed by atoms with Crippen LogP contribution >= 0.6 is 0 Å². The summed E-state index contributed by atoms with van der Waals surface area (Å²) in [5.74, 6) is 1.54. The number of aromatic nitrogens is 2. The molecule has 7 heteroatoms. The molecule has 0 radical (unpaired) electrons.